The molecule has 2 amide bonds. The third-order valence-corrected chi connectivity index (χ3v) is 2.85. The van der Waals surface area contributed by atoms with Gasteiger partial charge in [-0.15, -0.1) is 5.10 Å². The Kier molecular flexibility index (Phi) is 3.88. The Morgan fingerprint density at radius 3 is 2.89 bits per heavy atom. The molecule has 1 aromatic rings. The molecule has 4 N–H and O–H groups in total. The molecule has 0 atom stereocenters. The number of aromatic nitrogens is 3. The highest BCUT2D eigenvalue weighted by molar-refractivity contribution is 5.94. The van der Waals surface area contributed by atoms with E-state index in [1.165, 1.54) is 0 Å². The summed E-state index contributed by atoms with van der Waals surface area (Å²) in [5.41, 5.74) is 5.14. The molecule has 1 aliphatic rings. The van der Waals surface area contributed by atoms with Crippen molar-refractivity contribution in [2.24, 2.45) is 5.73 Å². The monoisotopic (exact) mass is 252 g/mol. The van der Waals surface area contributed by atoms with Crippen molar-refractivity contribution in [2.75, 3.05) is 19.6 Å². The van der Waals surface area contributed by atoms with Gasteiger partial charge in [0.2, 0.25) is 5.91 Å². The summed E-state index contributed by atoms with van der Waals surface area (Å²) in [4.78, 5) is 22.1. The molecular formula is C10H16N6O2. The van der Waals surface area contributed by atoms with Gasteiger partial charge in [0.15, 0.2) is 5.69 Å². The number of nitrogens with one attached hydrogen (secondary N) is 2. The first-order chi connectivity index (χ1) is 8.66. The number of hydrogen-bond acceptors (Lipinski definition) is 5. The second-order valence-corrected chi connectivity index (χ2v) is 4.21. The van der Waals surface area contributed by atoms with Crippen molar-refractivity contribution in [2.45, 2.75) is 18.9 Å². The fourth-order valence-corrected chi connectivity index (χ4v) is 1.89. The molecule has 0 aromatic carbocycles. The second kappa shape index (κ2) is 5.58. The zero-order chi connectivity index (χ0) is 13.0. The topological polar surface area (TPSA) is 115 Å². The molecule has 0 aliphatic carbocycles. The maximum Gasteiger partial charge on any atom is 0.273 e. The van der Waals surface area contributed by atoms with Crippen molar-refractivity contribution in [1.29, 1.82) is 0 Å². The number of piperidine rings is 1. The van der Waals surface area contributed by atoms with Crippen LogP contribution in [0, 0.1) is 0 Å². The Labute approximate surface area is 104 Å². The first-order valence-electron chi connectivity index (χ1n) is 5.86. The average Bonchev–Trinajstić information content (AvgIpc) is 2.86. The van der Waals surface area contributed by atoms with Gasteiger partial charge in [0.05, 0.1) is 18.8 Å². The predicted molar refractivity (Wildman–Crippen MR) is 62.7 cm³/mol. The fourth-order valence-electron chi connectivity index (χ4n) is 1.89. The van der Waals surface area contributed by atoms with E-state index in [2.05, 4.69) is 20.9 Å². The highest BCUT2D eigenvalue weighted by atomic mass is 16.2. The van der Waals surface area contributed by atoms with E-state index in [0.29, 0.717) is 0 Å². The van der Waals surface area contributed by atoms with E-state index in [1.54, 1.807) is 10.9 Å². The van der Waals surface area contributed by atoms with Crippen molar-refractivity contribution in [3.8, 4) is 0 Å². The van der Waals surface area contributed by atoms with Gasteiger partial charge in [0.1, 0.15) is 0 Å². The molecule has 2 heterocycles. The number of carbonyl (C=O) groups is 2. The van der Waals surface area contributed by atoms with E-state index < -0.39 is 11.8 Å². The molecule has 1 fully saturated rings. The minimum atomic E-state index is -0.589. The molecule has 0 bridgehead atoms. The minimum Gasteiger partial charge on any atom is -0.368 e. The molecule has 18 heavy (non-hydrogen) atoms. The largest absolute Gasteiger partial charge is 0.368 e. The Bertz CT molecular complexity index is 437. The van der Waals surface area contributed by atoms with Crippen LogP contribution < -0.4 is 16.4 Å². The SMILES string of the molecule is NC(=O)CNC(=O)c1cn(C2CCNCC2)nn1. The van der Waals surface area contributed by atoms with E-state index in [1.807, 2.05) is 0 Å². The first kappa shape index (κ1) is 12.5. The number of rotatable bonds is 4. The second-order valence-electron chi connectivity index (χ2n) is 4.21. The van der Waals surface area contributed by atoms with Crippen LogP contribution in [0.3, 0.4) is 0 Å². The van der Waals surface area contributed by atoms with E-state index >= 15 is 0 Å². The summed E-state index contributed by atoms with van der Waals surface area (Å²) in [7, 11) is 0. The molecule has 0 spiro atoms. The Hall–Kier alpha value is -1.96. The van der Waals surface area contributed by atoms with Crippen LogP contribution in [-0.2, 0) is 4.79 Å². The standard InChI is InChI=1S/C10H16N6O2/c11-9(17)5-13-10(18)8-6-16(15-14-8)7-1-3-12-4-2-7/h6-7,12H,1-5H2,(H2,11,17)(H,13,18). The van der Waals surface area contributed by atoms with E-state index in [4.69, 9.17) is 5.73 Å². The number of carbonyl (C=O) groups excluding carboxylic acids is 2. The van der Waals surface area contributed by atoms with Gasteiger partial charge in [-0.05, 0) is 25.9 Å². The van der Waals surface area contributed by atoms with Crippen LogP contribution in [0.2, 0.25) is 0 Å². The van der Waals surface area contributed by atoms with Crippen LogP contribution in [0.25, 0.3) is 0 Å². The van der Waals surface area contributed by atoms with Crippen molar-refractivity contribution in [1.82, 2.24) is 25.6 Å². The van der Waals surface area contributed by atoms with Crippen molar-refractivity contribution in [3.63, 3.8) is 0 Å². The molecule has 8 nitrogen and oxygen atoms in total. The van der Waals surface area contributed by atoms with Crippen LogP contribution in [0.4, 0.5) is 0 Å². The molecule has 8 heteroatoms. The highest BCUT2D eigenvalue weighted by Gasteiger charge is 2.18. The molecule has 0 radical (unpaired) electrons. The molecule has 98 valence electrons. The Balaban J connectivity index is 1.96. The number of nitrogens with zero attached hydrogens (tertiary/aromatic N) is 3. The third-order valence-electron chi connectivity index (χ3n) is 2.85. The zero-order valence-corrected chi connectivity index (χ0v) is 9.93. The summed E-state index contributed by atoms with van der Waals surface area (Å²) in [6.07, 6.45) is 3.53. The fraction of sp³-hybridized carbons (Fsp3) is 0.600. The van der Waals surface area contributed by atoms with Crippen LogP contribution in [0.15, 0.2) is 6.20 Å². The van der Waals surface area contributed by atoms with Crippen LogP contribution >= 0.6 is 0 Å². The maximum atomic E-state index is 11.6. The quantitative estimate of drug-likeness (QED) is 0.598. The van der Waals surface area contributed by atoms with E-state index in [-0.39, 0.29) is 18.3 Å². The number of nitrogens with two attached hydrogens (primary N) is 1. The van der Waals surface area contributed by atoms with Gasteiger partial charge in [0.25, 0.3) is 5.91 Å². The van der Waals surface area contributed by atoms with Gasteiger partial charge < -0.3 is 16.4 Å². The molecule has 2 rings (SSSR count). The summed E-state index contributed by atoms with van der Waals surface area (Å²) in [5, 5.41) is 13.4. The number of amides is 2. The molecule has 0 unspecified atom stereocenters. The van der Waals surface area contributed by atoms with Crippen molar-refractivity contribution < 1.29 is 9.59 Å². The lowest BCUT2D eigenvalue weighted by atomic mass is 10.1. The van der Waals surface area contributed by atoms with Crippen molar-refractivity contribution >= 4 is 11.8 Å². The molecule has 0 saturated carbocycles. The summed E-state index contributed by atoms with van der Waals surface area (Å²) in [5.74, 6) is -1.02. The van der Waals surface area contributed by atoms with Crippen molar-refractivity contribution in [3.05, 3.63) is 11.9 Å². The summed E-state index contributed by atoms with van der Waals surface area (Å²) in [6, 6.07) is 0.274. The summed E-state index contributed by atoms with van der Waals surface area (Å²) >= 11 is 0. The predicted octanol–water partition coefficient (Wildman–Crippen LogP) is -1.58. The first-order valence-corrected chi connectivity index (χ1v) is 5.86. The van der Waals surface area contributed by atoms with E-state index in [0.717, 1.165) is 25.9 Å². The maximum absolute atomic E-state index is 11.6. The van der Waals surface area contributed by atoms with Gasteiger partial charge in [-0.2, -0.15) is 0 Å². The summed E-state index contributed by atoms with van der Waals surface area (Å²) < 4.78 is 1.71. The lowest BCUT2D eigenvalue weighted by Crippen LogP contribution is -2.33. The summed E-state index contributed by atoms with van der Waals surface area (Å²) in [6.45, 7) is 1.68. The van der Waals surface area contributed by atoms with E-state index in [9.17, 15) is 9.59 Å². The molecule has 1 saturated heterocycles. The minimum absolute atomic E-state index is 0.195. The van der Waals surface area contributed by atoms with Gasteiger partial charge in [-0.25, -0.2) is 4.68 Å². The Morgan fingerprint density at radius 2 is 2.22 bits per heavy atom. The van der Waals surface area contributed by atoms with Gasteiger partial charge in [-0.3, -0.25) is 9.59 Å². The molecule has 1 aliphatic heterocycles. The Morgan fingerprint density at radius 1 is 1.50 bits per heavy atom. The molecular weight excluding hydrogens is 236 g/mol. The van der Waals surface area contributed by atoms with Crippen LogP contribution in [-0.4, -0.2) is 46.4 Å². The lowest BCUT2D eigenvalue weighted by molar-refractivity contribution is -0.117. The zero-order valence-electron chi connectivity index (χ0n) is 9.93. The smallest absolute Gasteiger partial charge is 0.273 e. The number of hydrogen-bond donors (Lipinski definition) is 3. The van der Waals surface area contributed by atoms with Gasteiger partial charge in [0, 0.05) is 0 Å². The third kappa shape index (κ3) is 3.04. The van der Waals surface area contributed by atoms with Crippen LogP contribution in [0.5, 0.6) is 0 Å². The lowest BCUT2D eigenvalue weighted by Gasteiger charge is -2.22. The average molecular weight is 252 g/mol. The molecule has 1 aromatic heterocycles. The van der Waals surface area contributed by atoms with Gasteiger partial charge in [-0.1, -0.05) is 5.21 Å². The normalized spacial score (nSPS) is 16.4. The number of primary amides is 1. The highest BCUT2D eigenvalue weighted by Crippen LogP contribution is 2.16. The van der Waals surface area contributed by atoms with Crippen LogP contribution in [0.1, 0.15) is 29.4 Å². The van der Waals surface area contributed by atoms with Gasteiger partial charge >= 0.3 is 0 Å².